The first-order chi connectivity index (χ1) is 16.8. The Hall–Kier alpha value is -3.67. The topological polar surface area (TPSA) is 117 Å². The second-order valence-electron chi connectivity index (χ2n) is 7.65. The Kier molecular flexibility index (Phi) is 6.92. The number of benzene rings is 2. The molecule has 2 aromatic carbocycles. The summed E-state index contributed by atoms with van der Waals surface area (Å²) in [6, 6.07) is 11.1. The minimum atomic E-state index is -3.77. The summed E-state index contributed by atoms with van der Waals surface area (Å²) in [5.41, 5.74) is 1.19. The summed E-state index contributed by atoms with van der Waals surface area (Å²) in [5, 5.41) is 2.95. The van der Waals surface area contributed by atoms with Crippen LogP contribution in [0.25, 0.3) is 10.2 Å². The zero-order chi connectivity index (χ0) is 25.2. The average Bonchev–Trinajstić information content (AvgIpc) is 3.35. The first kappa shape index (κ1) is 24.5. The molecule has 1 aromatic heterocycles. The van der Waals surface area contributed by atoms with Gasteiger partial charge in [-0.3, -0.25) is 19.3 Å². The van der Waals surface area contributed by atoms with Crippen LogP contribution < -0.4 is 5.32 Å². The molecular weight excluding hydrogens is 488 g/mol. The molecule has 0 bridgehead atoms. The number of hydrogen-bond acceptors (Lipinski definition) is 7. The Balaban J connectivity index is 1.44. The Morgan fingerprint density at radius 1 is 1.06 bits per heavy atom. The molecule has 9 nitrogen and oxygen atoms in total. The van der Waals surface area contributed by atoms with E-state index in [2.05, 4.69) is 23.5 Å². The van der Waals surface area contributed by atoms with E-state index in [9.17, 15) is 22.8 Å². The average molecular weight is 511 g/mol. The van der Waals surface area contributed by atoms with E-state index in [1.807, 2.05) is 0 Å². The van der Waals surface area contributed by atoms with Crippen LogP contribution in [-0.2, 0) is 14.8 Å². The van der Waals surface area contributed by atoms with Gasteiger partial charge in [-0.15, -0.1) is 13.2 Å². The fraction of sp³-hybridized carbons (Fsp3) is 0.167. The summed E-state index contributed by atoms with van der Waals surface area (Å²) in [6.07, 6.45) is 2.91. The predicted molar refractivity (Wildman–Crippen MR) is 134 cm³/mol. The standard InChI is InChI=1S/C24H22N4O5S2/c1-3-12-27(13-4-2)35(32,33)16-9-10-19-20(15-16)34-24(25-19)26-21(29)11-14-28-22(30)17-7-5-6-8-18(17)23(28)31/h3-10,15H,1-2,11-14H2,(H,25,26,29). The number of nitrogens with zero attached hydrogens (tertiary/aromatic N) is 3. The fourth-order valence-electron chi connectivity index (χ4n) is 3.66. The molecule has 35 heavy (non-hydrogen) atoms. The molecule has 0 saturated heterocycles. The van der Waals surface area contributed by atoms with Gasteiger partial charge in [-0.2, -0.15) is 4.31 Å². The second-order valence-corrected chi connectivity index (χ2v) is 10.6. The van der Waals surface area contributed by atoms with E-state index in [0.29, 0.717) is 21.3 Å². The highest BCUT2D eigenvalue weighted by Gasteiger charge is 2.35. The Bertz CT molecular complexity index is 1420. The van der Waals surface area contributed by atoms with Crippen LogP contribution in [0, 0.1) is 0 Å². The van der Waals surface area contributed by atoms with Crippen molar-refractivity contribution >= 4 is 54.4 Å². The predicted octanol–water partition coefficient (Wildman–Crippen LogP) is 3.28. The number of fused-ring (bicyclic) bond motifs is 2. The van der Waals surface area contributed by atoms with E-state index in [1.54, 1.807) is 30.3 Å². The minimum Gasteiger partial charge on any atom is -0.302 e. The van der Waals surface area contributed by atoms with Crippen molar-refractivity contribution < 1.29 is 22.8 Å². The Morgan fingerprint density at radius 2 is 1.69 bits per heavy atom. The van der Waals surface area contributed by atoms with Crippen molar-refractivity contribution in [1.29, 1.82) is 0 Å². The first-order valence-electron chi connectivity index (χ1n) is 10.6. The van der Waals surface area contributed by atoms with Crippen LogP contribution in [0.15, 0.2) is 72.7 Å². The highest BCUT2D eigenvalue weighted by atomic mass is 32.2. The molecule has 4 rings (SSSR count). The van der Waals surface area contributed by atoms with Gasteiger partial charge in [0.15, 0.2) is 5.13 Å². The molecule has 1 aliphatic rings. The molecule has 3 aromatic rings. The number of imide groups is 1. The number of carbonyl (C=O) groups excluding carboxylic acids is 3. The van der Waals surface area contributed by atoms with Crippen molar-refractivity contribution in [2.75, 3.05) is 25.0 Å². The number of nitrogens with one attached hydrogen (secondary N) is 1. The van der Waals surface area contributed by atoms with Crippen LogP contribution in [0.2, 0.25) is 0 Å². The molecule has 180 valence electrons. The van der Waals surface area contributed by atoms with Gasteiger partial charge < -0.3 is 5.32 Å². The van der Waals surface area contributed by atoms with E-state index >= 15 is 0 Å². The van der Waals surface area contributed by atoms with Crippen molar-refractivity contribution in [1.82, 2.24) is 14.2 Å². The number of aromatic nitrogens is 1. The maximum atomic E-state index is 13.0. The van der Waals surface area contributed by atoms with Gasteiger partial charge in [0, 0.05) is 26.1 Å². The number of hydrogen-bond donors (Lipinski definition) is 1. The summed E-state index contributed by atoms with van der Waals surface area (Å²) >= 11 is 1.13. The maximum absolute atomic E-state index is 13.0. The lowest BCUT2D eigenvalue weighted by Gasteiger charge is -2.18. The molecule has 0 spiro atoms. The van der Waals surface area contributed by atoms with Crippen molar-refractivity contribution in [3.8, 4) is 0 Å². The number of sulfonamides is 1. The van der Waals surface area contributed by atoms with Crippen molar-refractivity contribution in [3.05, 3.63) is 78.9 Å². The van der Waals surface area contributed by atoms with E-state index in [4.69, 9.17) is 0 Å². The number of anilines is 1. The highest BCUT2D eigenvalue weighted by Crippen LogP contribution is 2.29. The molecule has 2 heterocycles. The summed E-state index contributed by atoms with van der Waals surface area (Å²) < 4.78 is 27.8. The van der Waals surface area contributed by atoms with E-state index in [1.165, 1.54) is 28.6 Å². The van der Waals surface area contributed by atoms with Gasteiger partial charge in [-0.1, -0.05) is 35.6 Å². The maximum Gasteiger partial charge on any atom is 0.261 e. The monoisotopic (exact) mass is 510 g/mol. The van der Waals surface area contributed by atoms with Gasteiger partial charge in [0.1, 0.15) is 0 Å². The van der Waals surface area contributed by atoms with E-state index < -0.39 is 27.7 Å². The lowest BCUT2D eigenvalue weighted by atomic mass is 10.1. The minimum absolute atomic E-state index is 0.0616. The van der Waals surface area contributed by atoms with Gasteiger partial charge in [-0.25, -0.2) is 13.4 Å². The molecule has 0 fully saturated rings. The van der Waals surface area contributed by atoms with Crippen LogP contribution >= 0.6 is 11.3 Å². The zero-order valence-electron chi connectivity index (χ0n) is 18.6. The molecule has 1 N–H and O–H groups in total. The van der Waals surface area contributed by atoms with E-state index in [0.717, 1.165) is 16.2 Å². The van der Waals surface area contributed by atoms with E-state index in [-0.39, 0.29) is 36.1 Å². The molecule has 3 amide bonds. The number of thiazole rings is 1. The molecule has 11 heteroatoms. The van der Waals surface area contributed by atoms with Crippen LogP contribution in [0.3, 0.4) is 0 Å². The molecule has 0 atom stereocenters. The van der Waals surface area contributed by atoms with Crippen molar-refractivity contribution in [2.45, 2.75) is 11.3 Å². The van der Waals surface area contributed by atoms with Crippen molar-refractivity contribution in [2.24, 2.45) is 0 Å². The van der Waals surface area contributed by atoms with Gasteiger partial charge in [0.2, 0.25) is 15.9 Å². The lowest BCUT2D eigenvalue weighted by Crippen LogP contribution is -2.32. The zero-order valence-corrected chi connectivity index (χ0v) is 20.3. The number of rotatable bonds is 10. The molecule has 1 aliphatic heterocycles. The van der Waals surface area contributed by atoms with Gasteiger partial charge in [0.25, 0.3) is 11.8 Å². The highest BCUT2D eigenvalue weighted by molar-refractivity contribution is 7.89. The Morgan fingerprint density at radius 3 is 2.29 bits per heavy atom. The molecule has 0 aliphatic carbocycles. The summed E-state index contributed by atoms with van der Waals surface area (Å²) in [4.78, 5) is 42.8. The van der Waals surface area contributed by atoms with Gasteiger partial charge in [0.05, 0.1) is 26.2 Å². The molecule has 0 saturated carbocycles. The molecule has 0 radical (unpaired) electrons. The normalized spacial score (nSPS) is 13.3. The second kappa shape index (κ2) is 9.90. The third-order valence-corrected chi connectivity index (χ3v) is 8.11. The van der Waals surface area contributed by atoms with Crippen molar-refractivity contribution in [3.63, 3.8) is 0 Å². The smallest absolute Gasteiger partial charge is 0.261 e. The van der Waals surface area contributed by atoms with Crippen LogP contribution in [-0.4, -0.2) is 60.0 Å². The van der Waals surface area contributed by atoms with Crippen LogP contribution in [0.5, 0.6) is 0 Å². The lowest BCUT2D eigenvalue weighted by molar-refractivity contribution is -0.116. The van der Waals surface area contributed by atoms with Crippen LogP contribution in [0.4, 0.5) is 5.13 Å². The van der Waals surface area contributed by atoms with Gasteiger partial charge >= 0.3 is 0 Å². The third kappa shape index (κ3) is 4.78. The number of carbonyl (C=O) groups is 3. The van der Waals surface area contributed by atoms with Gasteiger partial charge in [-0.05, 0) is 30.3 Å². The first-order valence-corrected chi connectivity index (χ1v) is 12.9. The quantitative estimate of drug-likeness (QED) is 0.330. The third-order valence-electron chi connectivity index (χ3n) is 5.35. The fourth-order valence-corrected chi connectivity index (χ4v) is 6.07. The summed E-state index contributed by atoms with van der Waals surface area (Å²) in [5.74, 6) is -1.26. The number of amides is 3. The largest absolute Gasteiger partial charge is 0.302 e. The summed E-state index contributed by atoms with van der Waals surface area (Å²) in [6.45, 7) is 7.42. The molecule has 0 unspecified atom stereocenters. The summed E-state index contributed by atoms with van der Waals surface area (Å²) in [7, 11) is -3.77. The Labute approximate surface area is 206 Å². The molecular formula is C24H22N4O5S2. The SMILES string of the molecule is C=CCN(CC=C)S(=O)(=O)c1ccc2nc(NC(=O)CCN3C(=O)c4ccccc4C3=O)sc2c1. The van der Waals surface area contributed by atoms with Crippen LogP contribution in [0.1, 0.15) is 27.1 Å².